The van der Waals surface area contributed by atoms with Gasteiger partial charge < -0.3 is 10.4 Å². The lowest BCUT2D eigenvalue weighted by Gasteiger charge is -2.13. The third kappa shape index (κ3) is 4.53. The maximum absolute atomic E-state index is 12.2. The summed E-state index contributed by atoms with van der Waals surface area (Å²) in [5.41, 5.74) is 2.24. The molecule has 0 bridgehead atoms. The molecular weight excluding hydrogens is 376 g/mol. The van der Waals surface area contributed by atoms with Crippen molar-refractivity contribution in [3.63, 3.8) is 0 Å². The fourth-order valence-electron chi connectivity index (χ4n) is 2.61. The Bertz CT molecular complexity index is 1020. The van der Waals surface area contributed by atoms with Gasteiger partial charge in [0.15, 0.2) is 0 Å². The van der Waals surface area contributed by atoms with E-state index in [1.54, 1.807) is 30.3 Å². The standard InChI is InChI=1S/C20H22N4O3S/c1-24(2)28(26,27)17-10-8-15(9-11-17)18-12-20(23-14-22-18)21-13-19(25)16-6-4-3-5-7-16/h3-12,14,19,25H,13H2,1-2H3,(H,21,22,23). The molecule has 0 saturated carbocycles. The summed E-state index contributed by atoms with van der Waals surface area (Å²) in [6.07, 6.45) is 0.770. The van der Waals surface area contributed by atoms with Crippen molar-refractivity contribution in [1.82, 2.24) is 14.3 Å². The van der Waals surface area contributed by atoms with E-state index in [9.17, 15) is 13.5 Å². The molecule has 0 saturated heterocycles. The minimum absolute atomic E-state index is 0.222. The first-order valence-corrected chi connectivity index (χ1v) is 10.1. The molecule has 0 fully saturated rings. The number of nitrogens with one attached hydrogen (secondary N) is 1. The van der Waals surface area contributed by atoms with Crippen LogP contribution >= 0.6 is 0 Å². The highest BCUT2D eigenvalue weighted by atomic mass is 32.2. The van der Waals surface area contributed by atoms with Crippen molar-refractivity contribution in [2.45, 2.75) is 11.0 Å². The fourth-order valence-corrected chi connectivity index (χ4v) is 3.52. The van der Waals surface area contributed by atoms with E-state index in [1.165, 1.54) is 24.7 Å². The molecule has 0 radical (unpaired) electrons. The molecule has 146 valence electrons. The van der Waals surface area contributed by atoms with Crippen LogP contribution in [0.3, 0.4) is 0 Å². The molecule has 3 aromatic rings. The second kappa shape index (κ2) is 8.47. The van der Waals surface area contributed by atoms with Crippen molar-refractivity contribution in [1.29, 1.82) is 0 Å². The van der Waals surface area contributed by atoms with Crippen LogP contribution in [0.2, 0.25) is 0 Å². The average Bonchev–Trinajstić information content (AvgIpc) is 2.73. The second-order valence-corrected chi connectivity index (χ2v) is 8.56. The highest BCUT2D eigenvalue weighted by Crippen LogP contribution is 2.22. The lowest BCUT2D eigenvalue weighted by atomic mass is 10.1. The number of aliphatic hydroxyl groups excluding tert-OH is 1. The Morgan fingerprint density at radius 3 is 2.36 bits per heavy atom. The fraction of sp³-hybridized carbons (Fsp3) is 0.200. The summed E-state index contributed by atoms with van der Waals surface area (Å²) in [6, 6.07) is 17.7. The van der Waals surface area contributed by atoms with Crippen molar-refractivity contribution in [2.24, 2.45) is 0 Å². The van der Waals surface area contributed by atoms with Crippen LogP contribution in [0.4, 0.5) is 5.82 Å². The predicted octanol–water partition coefficient (Wildman–Crippen LogP) is 2.54. The molecule has 0 aliphatic rings. The van der Waals surface area contributed by atoms with Gasteiger partial charge in [0.2, 0.25) is 10.0 Å². The van der Waals surface area contributed by atoms with Crippen molar-refractivity contribution in [3.05, 3.63) is 72.6 Å². The molecular formula is C20H22N4O3S. The Morgan fingerprint density at radius 1 is 1.04 bits per heavy atom. The largest absolute Gasteiger partial charge is 0.387 e. The van der Waals surface area contributed by atoms with E-state index in [1.807, 2.05) is 30.3 Å². The van der Waals surface area contributed by atoms with Gasteiger partial charge in [-0.05, 0) is 17.7 Å². The molecule has 0 aliphatic heterocycles. The first-order valence-electron chi connectivity index (χ1n) is 8.70. The number of aliphatic hydroxyl groups is 1. The number of nitrogens with zero attached hydrogens (tertiary/aromatic N) is 3. The van der Waals surface area contributed by atoms with Gasteiger partial charge in [-0.1, -0.05) is 42.5 Å². The molecule has 0 amide bonds. The Kier molecular flexibility index (Phi) is 6.03. The lowest BCUT2D eigenvalue weighted by molar-refractivity contribution is 0.191. The zero-order valence-electron chi connectivity index (χ0n) is 15.6. The van der Waals surface area contributed by atoms with Crippen LogP contribution in [0.1, 0.15) is 11.7 Å². The molecule has 1 heterocycles. The van der Waals surface area contributed by atoms with E-state index in [-0.39, 0.29) is 4.90 Å². The normalized spacial score (nSPS) is 12.7. The molecule has 2 N–H and O–H groups in total. The highest BCUT2D eigenvalue weighted by Gasteiger charge is 2.17. The number of hydrogen-bond donors (Lipinski definition) is 2. The van der Waals surface area contributed by atoms with Crippen molar-refractivity contribution in [3.8, 4) is 11.3 Å². The quantitative estimate of drug-likeness (QED) is 0.635. The van der Waals surface area contributed by atoms with Crippen LogP contribution in [-0.2, 0) is 10.0 Å². The zero-order valence-corrected chi connectivity index (χ0v) is 16.5. The predicted molar refractivity (Wildman–Crippen MR) is 108 cm³/mol. The molecule has 1 atom stereocenters. The number of anilines is 1. The van der Waals surface area contributed by atoms with Gasteiger partial charge >= 0.3 is 0 Å². The first kappa shape index (κ1) is 19.9. The van der Waals surface area contributed by atoms with E-state index in [2.05, 4.69) is 15.3 Å². The zero-order chi connectivity index (χ0) is 20.1. The van der Waals surface area contributed by atoms with Gasteiger partial charge in [-0.2, -0.15) is 0 Å². The van der Waals surface area contributed by atoms with Gasteiger partial charge in [-0.25, -0.2) is 22.7 Å². The number of sulfonamides is 1. The summed E-state index contributed by atoms with van der Waals surface area (Å²) < 4.78 is 25.5. The van der Waals surface area contributed by atoms with Gasteiger partial charge in [0.1, 0.15) is 12.1 Å². The first-order chi connectivity index (χ1) is 13.4. The minimum atomic E-state index is -3.47. The molecule has 1 unspecified atom stereocenters. The maximum Gasteiger partial charge on any atom is 0.242 e. The number of rotatable bonds is 7. The van der Waals surface area contributed by atoms with Crippen molar-refractivity contribution >= 4 is 15.8 Å². The van der Waals surface area contributed by atoms with E-state index >= 15 is 0 Å². The molecule has 0 spiro atoms. The van der Waals surface area contributed by atoms with E-state index in [4.69, 9.17) is 0 Å². The van der Waals surface area contributed by atoms with Crippen LogP contribution in [0, 0.1) is 0 Å². The van der Waals surface area contributed by atoms with Crippen LogP contribution < -0.4 is 5.32 Å². The average molecular weight is 398 g/mol. The Balaban J connectivity index is 1.73. The molecule has 3 rings (SSSR count). The van der Waals surface area contributed by atoms with Crippen molar-refractivity contribution in [2.75, 3.05) is 26.0 Å². The van der Waals surface area contributed by atoms with Crippen molar-refractivity contribution < 1.29 is 13.5 Å². The van der Waals surface area contributed by atoms with Gasteiger partial charge in [0, 0.05) is 32.3 Å². The Labute approximate surface area is 164 Å². The maximum atomic E-state index is 12.2. The van der Waals surface area contributed by atoms with E-state index in [0.29, 0.717) is 18.1 Å². The smallest absolute Gasteiger partial charge is 0.242 e. The number of aromatic nitrogens is 2. The molecule has 28 heavy (non-hydrogen) atoms. The van der Waals surface area contributed by atoms with Crippen LogP contribution in [0.25, 0.3) is 11.3 Å². The summed E-state index contributed by atoms with van der Waals surface area (Å²) in [6.45, 7) is 0.306. The molecule has 1 aromatic heterocycles. The van der Waals surface area contributed by atoms with Crippen LogP contribution in [0.15, 0.2) is 71.9 Å². The number of benzene rings is 2. The Morgan fingerprint density at radius 2 is 1.71 bits per heavy atom. The van der Waals surface area contributed by atoms with E-state index < -0.39 is 16.1 Å². The lowest BCUT2D eigenvalue weighted by Crippen LogP contribution is -2.22. The third-order valence-corrected chi connectivity index (χ3v) is 6.09. The molecule has 8 heteroatoms. The second-order valence-electron chi connectivity index (χ2n) is 6.41. The SMILES string of the molecule is CN(C)S(=O)(=O)c1ccc(-c2cc(NCC(O)c3ccccc3)ncn2)cc1. The summed E-state index contributed by atoms with van der Waals surface area (Å²) >= 11 is 0. The molecule has 2 aromatic carbocycles. The summed E-state index contributed by atoms with van der Waals surface area (Å²) in [5.74, 6) is 0.574. The molecule has 0 aliphatic carbocycles. The third-order valence-electron chi connectivity index (χ3n) is 4.26. The molecule has 7 nitrogen and oxygen atoms in total. The van der Waals surface area contributed by atoms with Crippen LogP contribution in [-0.4, -0.2) is 48.4 Å². The van der Waals surface area contributed by atoms with Gasteiger partial charge in [-0.15, -0.1) is 0 Å². The number of hydrogen-bond acceptors (Lipinski definition) is 6. The summed E-state index contributed by atoms with van der Waals surface area (Å²) in [7, 11) is -0.477. The van der Waals surface area contributed by atoms with Crippen LogP contribution in [0.5, 0.6) is 0 Å². The van der Waals surface area contributed by atoms with Gasteiger partial charge in [0.05, 0.1) is 16.7 Å². The van der Waals surface area contributed by atoms with E-state index in [0.717, 1.165) is 11.1 Å². The monoisotopic (exact) mass is 398 g/mol. The van der Waals surface area contributed by atoms with Gasteiger partial charge in [-0.3, -0.25) is 0 Å². The highest BCUT2D eigenvalue weighted by molar-refractivity contribution is 7.89. The topological polar surface area (TPSA) is 95.4 Å². The summed E-state index contributed by atoms with van der Waals surface area (Å²) in [5, 5.41) is 13.4. The summed E-state index contributed by atoms with van der Waals surface area (Å²) in [4.78, 5) is 8.64. The minimum Gasteiger partial charge on any atom is -0.387 e. The van der Waals surface area contributed by atoms with Gasteiger partial charge in [0.25, 0.3) is 0 Å². The Hall–Kier alpha value is -2.81.